The van der Waals surface area contributed by atoms with Crippen molar-refractivity contribution in [1.29, 1.82) is 0 Å². The summed E-state index contributed by atoms with van der Waals surface area (Å²) in [6.07, 6.45) is 0. The minimum Gasteiger partial charge on any atom is -0.308 e. The molecule has 0 radical (unpaired) electrons. The van der Waals surface area contributed by atoms with Crippen LogP contribution in [0.15, 0.2) is 147 Å². The van der Waals surface area contributed by atoms with E-state index in [0.717, 1.165) is 0 Å². The van der Waals surface area contributed by atoms with Gasteiger partial charge in [-0.25, -0.2) is 0 Å². The lowest BCUT2D eigenvalue weighted by atomic mass is 9.36. The van der Waals surface area contributed by atoms with Gasteiger partial charge in [-0.1, -0.05) is 125 Å². The molecule has 2 nitrogen and oxygen atoms in total. The molecule has 0 spiro atoms. The number of para-hydroxylation sites is 4. The van der Waals surface area contributed by atoms with Crippen LogP contribution in [0.2, 0.25) is 0 Å². The van der Waals surface area contributed by atoms with Crippen LogP contribution in [0.5, 0.6) is 0 Å². The number of benzene rings is 7. The van der Waals surface area contributed by atoms with E-state index < -0.39 is 0 Å². The van der Waals surface area contributed by atoms with Gasteiger partial charge in [0.25, 0.3) is 0 Å². The molecule has 2 aliphatic rings. The van der Waals surface area contributed by atoms with E-state index in [1.54, 1.807) is 0 Å². The fourth-order valence-electron chi connectivity index (χ4n) is 9.37. The molecule has 0 amide bonds. The third kappa shape index (κ3) is 2.65. The first-order valence-electron chi connectivity index (χ1n) is 16.2. The van der Waals surface area contributed by atoms with Gasteiger partial charge in [0.2, 0.25) is 6.71 Å². The average Bonchev–Trinajstić information content (AvgIpc) is 3.85. The number of hydrogen-bond donors (Lipinski definition) is 0. The van der Waals surface area contributed by atoms with E-state index in [4.69, 9.17) is 0 Å². The van der Waals surface area contributed by atoms with Crippen molar-refractivity contribution in [3.05, 3.63) is 127 Å². The Morgan fingerprint density at radius 1 is 0.383 bits per heavy atom. The first kappa shape index (κ1) is 24.1. The quantitative estimate of drug-likeness (QED) is 0.155. The number of nitrogens with zero attached hydrogens (tertiary/aromatic N) is 2. The lowest BCUT2D eigenvalue weighted by Crippen LogP contribution is -2.58. The molecule has 7 aromatic carbocycles. The largest absolute Gasteiger partial charge is 0.308 e. The highest BCUT2D eigenvalue weighted by molar-refractivity contribution is 8.01. The van der Waals surface area contributed by atoms with Crippen molar-refractivity contribution in [2.75, 3.05) is 0 Å². The minimum atomic E-state index is 0.191. The van der Waals surface area contributed by atoms with Crippen LogP contribution < -0.4 is 16.4 Å². The normalized spacial score (nSPS) is 14.2. The highest BCUT2D eigenvalue weighted by Gasteiger charge is 2.40. The van der Waals surface area contributed by atoms with Gasteiger partial charge in [-0.3, -0.25) is 0 Å². The molecular weight excluding hydrogens is 607 g/mol. The minimum absolute atomic E-state index is 0.191. The number of hydrogen-bond acceptors (Lipinski definition) is 2. The summed E-state index contributed by atoms with van der Waals surface area (Å²) in [4.78, 5) is 5.60. The lowest BCUT2D eigenvalue weighted by molar-refractivity contribution is 1.34. The van der Waals surface area contributed by atoms with Gasteiger partial charge in [0.05, 0.1) is 33.1 Å². The summed E-state index contributed by atoms with van der Waals surface area (Å²) in [6, 6.07) is 48.2. The monoisotopic (exact) mass is 628 g/mol. The van der Waals surface area contributed by atoms with Crippen molar-refractivity contribution in [2.45, 2.75) is 19.6 Å². The Kier molecular flexibility index (Phi) is 4.14. The molecule has 0 unspecified atom stereocenters. The van der Waals surface area contributed by atoms with E-state index in [2.05, 4.69) is 136 Å². The smallest absolute Gasteiger partial charge is 0.247 e. The molecule has 11 aromatic rings. The molecule has 47 heavy (non-hydrogen) atoms. The zero-order chi connectivity index (χ0) is 30.1. The Morgan fingerprint density at radius 2 is 0.830 bits per heavy atom. The van der Waals surface area contributed by atoms with Gasteiger partial charge in [-0.05, 0) is 41.9 Å². The van der Waals surface area contributed by atoms with E-state index in [1.165, 1.54) is 112 Å². The summed E-state index contributed by atoms with van der Waals surface area (Å²) in [5, 5.41) is 10.8. The fourth-order valence-corrected chi connectivity index (χ4v) is 12.1. The molecule has 214 valence electrons. The Morgan fingerprint density at radius 3 is 1.36 bits per heavy atom. The third-order valence-electron chi connectivity index (χ3n) is 11.1. The Hall–Kier alpha value is -5.10. The molecule has 4 aromatic heterocycles. The maximum Gasteiger partial charge on any atom is 0.247 e. The molecule has 0 saturated heterocycles. The number of fused-ring (bicyclic) bond motifs is 18. The molecule has 0 aliphatic carbocycles. The molecule has 0 fully saturated rings. The van der Waals surface area contributed by atoms with Gasteiger partial charge in [-0.2, -0.15) is 0 Å². The van der Waals surface area contributed by atoms with Crippen molar-refractivity contribution in [1.82, 2.24) is 8.80 Å². The molecule has 2 aliphatic heterocycles. The molecule has 0 N–H and O–H groups in total. The molecular formula is C42H21BN2S2. The molecule has 0 saturated carbocycles. The van der Waals surface area contributed by atoms with Crippen LogP contribution >= 0.6 is 23.5 Å². The number of rotatable bonds is 0. The molecule has 0 atom stereocenters. The van der Waals surface area contributed by atoms with E-state index in [-0.39, 0.29) is 6.71 Å². The Bertz CT molecular complexity index is 2990. The maximum atomic E-state index is 2.51. The summed E-state index contributed by atoms with van der Waals surface area (Å²) in [7, 11) is 0. The first-order valence-corrected chi connectivity index (χ1v) is 17.9. The summed E-state index contributed by atoms with van der Waals surface area (Å²) in [5.41, 5.74) is 12.2. The van der Waals surface area contributed by atoms with Crippen LogP contribution in [0.3, 0.4) is 0 Å². The van der Waals surface area contributed by atoms with Gasteiger partial charge in [0.15, 0.2) is 0 Å². The van der Waals surface area contributed by atoms with Crippen LogP contribution in [0.25, 0.3) is 76.2 Å². The second-order valence-electron chi connectivity index (χ2n) is 13.2. The van der Waals surface area contributed by atoms with Crippen molar-refractivity contribution >= 4 is 123 Å². The zero-order valence-electron chi connectivity index (χ0n) is 24.9. The molecule has 13 rings (SSSR count). The van der Waals surface area contributed by atoms with E-state index in [9.17, 15) is 0 Å². The van der Waals surface area contributed by atoms with Gasteiger partial charge in [-0.15, -0.1) is 0 Å². The Labute approximate surface area is 277 Å². The summed E-state index contributed by atoms with van der Waals surface area (Å²) < 4.78 is 5.03. The van der Waals surface area contributed by atoms with Crippen LogP contribution in [-0.4, -0.2) is 15.5 Å². The highest BCUT2D eigenvalue weighted by atomic mass is 32.2. The predicted molar refractivity (Wildman–Crippen MR) is 202 cm³/mol. The van der Waals surface area contributed by atoms with E-state index >= 15 is 0 Å². The van der Waals surface area contributed by atoms with Crippen molar-refractivity contribution in [3.8, 4) is 0 Å². The molecule has 0 bridgehead atoms. The topological polar surface area (TPSA) is 8.82 Å². The third-order valence-corrected chi connectivity index (χ3v) is 13.5. The number of aromatic nitrogens is 2. The van der Waals surface area contributed by atoms with Gasteiger partial charge >= 0.3 is 0 Å². The SMILES string of the molecule is c1cc2c3c(c1)Sc1c(ccc4c1c1cccc5c6ccccc6n4c51)B3c1ccc3c(c1S2)c1cccc2c4ccccc4n3c21. The fraction of sp³-hybridized carbons (Fsp3) is 0. The summed E-state index contributed by atoms with van der Waals surface area (Å²) >= 11 is 3.95. The van der Waals surface area contributed by atoms with Gasteiger partial charge < -0.3 is 8.80 Å². The second-order valence-corrected chi connectivity index (χ2v) is 15.3. The standard InChI is InChI=1S/C42H21BN2S2/c1-3-14-30-22(8-1)24-10-5-12-26-36-32(44(30)39(24)26)20-18-28-41(36)46-34-16-7-17-35-38(34)43(28)29-19-21-33-37(42(29)47-35)27-13-6-11-25-23-9-2-4-15-31(23)45(33)40(25)27/h1-21H. The van der Waals surface area contributed by atoms with Crippen LogP contribution in [0, 0.1) is 0 Å². The van der Waals surface area contributed by atoms with E-state index in [0.29, 0.717) is 0 Å². The Balaban J connectivity index is 1.16. The molecule has 6 heterocycles. The van der Waals surface area contributed by atoms with Crippen molar-refractivity contribution in [2.24, 2.45) is 0 Å². The van der Waals surface area contributed by atoms with E-state index in [1.807, 2.05) is 23.5 Å². The highest BCUT2D eigenvalue weighted by Crippen LogP contribution is 2.48. The van der Waals surface area contributed by atoms with Crippen LogP contribution in [-0.2, 0) is 0 Å². The summed E-state index contributed by atoms with van der Waals surface area (Å²) in [6.45, 7) is 0.191. The summed E-state index contributed by atoms with van der Waals surface area (Å²) in [5.74, 6) is 0. The van der Waals surface area contributed by atoms with Crippen molar-refractivity contribution < 1.29 is 0 Å². The lowest BCUT2D eigenvalue weighted by Gasteiger charge is -2.33. The maximum absolute atomic E-state index is 2.51. The average molecular weight is 629 g/mol. The van der Waals surface area contributed by atoms with Crippen LogP contribution in [0.4, 0.5) is 0 Å². The van der Waals surface area contributed by atoms with Gasteiger partial charge in [0.1, 0.15) is 0 Å². The van der Waals surface area contributed by atoms with Gasteiger partial charge in [0, 0.05) is 62.7 Å². The first-order chi connectivity index (χ1) is 23.3. The molecule has 5 heteroatoms. The van der Waals surface area contributed by atoms with Crippen LogP contribution in [0.1, 0.15) is 0 Å². The van der Waals surface area contributed by atoms with Crippen molar-refractivity contribution in [3.63, 3.8) is 0 Å². The second kappa shape index (κ2) is 8.06. The zero-order valence-corrected chi connectivity index (χ0v) is 26.5. The predicted octanol–water partition coefficient (Wildman–Crippen LogP) is 9.43.